The largest absolute Gasteiger partial charge is 0.351 e. The zero-order valence-electron chi connectivity index (χ0n) is 11.9. The molecule has 1 aromatic rings. The van der Waals surface area contributed by atoms with Crippen molar-refractivity contribution in [2.24, 2.45) is 7.05 Å². The number of piperazine rings is 1. The molecule has 1 fully saturated rings. The molecule has 0 radical (unpaired) electrons. The van der Waals surface area contributed by atoms with Gasteiger partial charge in [0.2, 0.25) is 0 Å². The summed E-state index contributed by atoms with van der Waals surface area (Å²) in [5, 5.41) is 0. The lowest BCUT2D eigenvalue weighted by Gasteiger charge is -2.31. The summed E-state index contributed by atoms with van der Waals surface area (Å²) in [5.74, 6) is 0.251. The van der Waals surface area contributed by atoms with Gasteiger partial charge >= 0.3 is 0 Å². The van der Waals surface area contributed by atoms with Crippen LogP contribution in [0.15, 0.2) is 6.07 Å². The van der Waals surface area contributed by atoms with Crippen molar-refractivity contribution in [2.75, 3.05) is 39.8 Å². The van der Waals surface area contributed by atoms with Crippen molar-refractivity contribution in [3.05, 3.63) is 23.0 Å². The molecule has 2 rings (SSSR count). The van der Waals surface area contributed by atoms with E-state index in [1.54, 1.807) is 0 Å². The lowest BCUT2D eigenvalue weighted by Crippen LogP contribution is -2.46. The number of hydrogen-bond acceptors (Lipinski definition) is 3. The molecule has 0 saturated carbocycles. The molecule has 4 heteroatoms. The Kier molecular flexibility index (Phi) is 3.88. The Hall–Kier alpha value is -1.13. The van der Waals surface area contributed by atoms with E-state index >= 15 is 0 Å². The maximum Gasteiger partial charge on any atom is 0.178 e. The fourth-order valence-electron chi connectivity index (χ4n) is 2.43. The smallest absolute Gasteiger partial charge is 0.178 e. The molecule has 100 valence electrons. The van der Waals surface area contributed by atoms with Crippen LogP contribution in [0.25, 0.3) is 0 Å². The zero-order chi connectivity index (χ0) is 13.3. The summed E-state index contributed by atoms with van der Waals surface area (Å²) < 4.78 is 2.08. The molecule has 2 heterocycles. The van der Waals surface area contributed by atoms with Gasteiger partial charge in [0.25, 0.3) is 0 Å². The second-order valence-corrected chi connectivity index (χ2v) is 5.35. The van der Waals surface area contributed by atoms with E-state index in [1.807, 2.05) is 27.0 Å². The number of aromatic nitrogens is 1. The first-order chi connectivity index (χ1) is 8.49. The molecule has 18 heavy (non-hydrogen) atoms. The number of carbonyl (C=O) groups is 1. The number of likely N-dealkylation sites (N-methyl/N-ethyl adjacent to an activating group) is 1. The molecule has 1 aromatic heterocycles. The monoisotopic (exact) mass is 249 g/mol. The van der Waals surface area contributed by atoms with Crippen molar-refractivity contribution >= 4 is 5.78 Å². The zero-order valence-corrected chi connectivity index (χ0v) is 11.9. The molecule has 1 aliphatic rings. The molecule has 0 N–H and O–H groups in total. The number of rotatable bonds is 3. The average Bonchev–Trinajstić information content (AvgIpc) is 2.60. The molecule has 0 bridgehead atoms. The summed E-state index contributed by atoms with van der Waals surface area (Å²) in [6.45, 7) is 8.71. The van der Waals surface area contributed by atoms with Crippen LogP contribution in [0.1, 0.15) is 21.7 Å². The molecule has 0 aromatic carbocycles. The van der Waals surface area contributed by atoms with Crippen molar-refractivity contribution in [3.8, 4) is 0 Å². The Morgan fingerprint density at radius 2 is 1.78 bits per heavy atom. The van der Waals surface area contributed by atoms with Crippen molar-refractivity contribution in [1.29, 1.82) is 0 Å². The van der Waals surface area contributed by atoms with Gasteiger partial charge in [-0.05, 0) is 27.0 Å². The van der Waals surface area contributed by atoms with Crippen LogP contribution in [0.2, 0.25) is 0 Å². The Morgan fingerprint density at radius 3 is 2.28 bits per heavy atom. The highest BCUT2D eigenvalue weighted by Gasteiger charge is 2.20. The topological polar surface area (TPSA) is 28.5 Å². The fourth-order valence-corrected chi connectivity index (χ4v) is 2.43. The highest BCUT2D eigenvalue weighted by atomic mass is 16.1. The van der Waals surface area contributed by atoms with E-state index in [2.05, 4.69) is 21.4 Å². The third-order valence-electron chi connectivity index (χ3n) is 4.04. The fraction of sp³-hybridized carbons (Fsp3) is 0.643. The summed E-state index contributed by atoms with van der Waals surface area (Å²) in [6.07, 6.45) is 0. The third-order valence-corrected chi connectivity index (χ3v) is 4.04. The van der Waals surface area contributed by atoms with Crippen LogP contribution in [0.5, 0.6) is 0 Å². The quantitative estimate of drug-likeness (QED) is 0.750. The highest BCUT2D eigenvalue weighted by Crippen LogP contribution is 2.14. The van der Waals surface area contributed by atoms with Crippen LogP contribution in [0.4, 0.5) is 0 Å². The summed E-state index contributed by atoms with van der Waals surface area (Å²) >= 11 is 0. The maximum atomic E-state index is 12.3. The molecule has 0 atom stereocenters. The van der Waals surface area contributed by atoms with E-state index in [9.17, 15) is 4.79 Å². The maximum absolute atomic E-state index is 12.3. The van der Waals surface area contributed by atoms with Crippen molar-refractivity contribution < 1.29 is 4.79 Å². The molecular weight excluding hydrogens is 226 g/mol. The third kappa shape index (κ3) is 2.65. The van der Waals surface area contributed by atoms with E-state index < -0.39 is 0 Å². The molecule has 0 unspecified atom stereocenters. The number of hydrogen-bond donors (Lipinski definition) is 0. The normalized spacial score (nSPS) is 18.2. The van der Waals surface area contributed by atoms with Crippen molar-refractivity contribution in [1.82, 2.24) is 14.4 Å². The molecular formula is C14H23N3O. The lowest BCUT2D eigenvalue weighted by molar-refractivity contribution is 0.0876. The number of aryl methyl sites for hydroxylation is 1. The van der Waals surface area contributed by atoms with Crippen LogP contribution in [-0.2, 0) is 7.05 Å². The van der Waals surface area contributed by atoms with E-state index in [1.165, 1.54) is 0 Å². The first-order valence-corrected chi connectivity index (χ1v) is 6.56. The van der Waals surface area contributed by atoms with E-state index in [4.69, 9.17) is 0 Å². The molecule has 1 saturated heterocycles. The minimum Gasteiger partial charge on any atom is -0.351 e. The Balaban J connectivity index is 2.01. The van der Waals surface area contributed by atoms with Crippen LogP contribution in [0, 0.1) is 13.8 Å². The predicted molar refractivity (Wildman–Crippen MR) is 73.2 cm³/mol. The Labute approximate surface area is 109 Å². The van der Waals surface area contributed by atoms with Crippen molar-refractivity contribution in [3.63, 3.8) is 0 Å². The highest BCUT2D eigenvalue weighted by molar-refractivity contribution is 5.99. The number of nitrogens with zero attached hydrogens (tertiary/aromatic N) is 3. The minimum atomic E-state index is 0.251. The van der Waals surface area contributed by atoms with Gasteiger partial charge in [-0.3, -0.25) is 9.69 Å². The molecule has 4 nitrogen and oxygen atoms in total. The van der Waals surface area contributed by atoms with E-state index in [0.29, 0.717) is 6.54 Å². The standard InChI is InChI=1S/C14H23N3O/c1-11-9-13(12(2)16(11)4)14(18)10-17-7-5-15(3)6-8-17/h9H,5-8,10H2,1-4H3. The van der Waals surface area contributed by atoms with Gasteiger partial charge in [-0.1, -0.05) is 0 Å². The van der Waals surface area contributed by atoms with Gasteiger partial charge in [-0.25, -0.2) is 0 Å². The van der Waals surface area contributed by atoms with Gasteiger partial charge in [0.15, 0.2) is 5.78 Å². The van der Waals surface area contributed by atoms with Gasteiger partial charge in [0.1, 0.15) is 0 Å². The van der Waals surface area contributed by atoms with Crippen LogP contribution < -0.4 is 0 Å². The van der Waals surface area contributed by atoms with E-state index in [0.717, 1.165) is 43.1 Å². The molecule has 1 aliphatic heterocycles. The SMILES string of the molecule is Cc1cc(C(=O)CN2CCN(C)CC2)c(C)n1C. The van der Waals surface area contributed by atoms with Crippen LogP contribution in [-0.4, -0.2) is 59.9 Å². The Bertz CT molecular complexity index is 442. The first-order valence-electron chi connectivity index (χ1n) is 6.56. The van der Waals surface area contributed by atoms with Crippen LogP contribution in [0.3, 0.4) is 0 Å². The predicted octanol–water partition coefficient (Wildman–Crippen LogP) is 1.07. The van der Waals surface area contributed by atoms with Crippen molar-refractivity contribution in [2.45, 2.75) is 13.8 Å². The number of ketones is 1. The summed E-state index contributed by atoms with van der Waals surface area (Å²) in [6, 6.07) is 2.01. The summed E-state index contributed by atoms with van der Waals surface area (Å²) in [4.78, 5) is 16.9. The van der Waals surface area contributed by atoms with E-state index in [-0.39, 0.29) is 5.78 Å². The van der Waals surface area contributed by atoms with Gasteiger partial charge in [0, 0.05) is 50.2 Å². The number of Topliss-reactive ketones (excluding diaryl/α,β-unsaturated/α-hetero) is 1. The van der Waals surface area contributed by atoms with Gasteiger partial charge in [0.05, 0.1) is 6.54 Å². The summed E-state index contributed by atoms with van der Waals surface area (Å²) in [7, 11) is 4.14. The van der Waals surface area contributed by atoms with Gasteiger partial charge in [-0.15, -0.1) is 0 Å². The van der Waals surface area contributed by atoms with Gasteiger partial charge in [-0.2, -0.15) is 0 Å². The molecule has 0 amide bonds. The first kappa shape index (κ1) is 13.3. The Morgan fingerprint density at radius 1 is 1.17 bits per heavy atom. The average molecular weight is 249 g/mol. The summed E-state index contributed by atoms with van der Waals surface area (Å²) in [5.41, 5.74) is 3.11. The second-order valence-electron chi connectivity index (χ2n) is 5.35. The molecule has 0 aliphatic carbocycles. The lowest BCUT2D eigenvalue weighted by atomic mass is 10.1. The van der Waals surface area contributed by atoms with Gasteiger partial charge < -0.3 is 9.47 Å². The minimum absolute atomic E-state index is 0.251. The second kappa shape index (κ2) is 5.24. The number of carbonyl (C=O) groups excluding carboxylic acids is 1. The van der Waals surface area contributed by atoms with Crippen LogP contribution >= 0.6 is 0 Å². The molecule has 0 spiro atoms.